The minimum absolute atomic E-state index is 0.0424. The molecule has 1 N–H and O–H groups in total. The summed E-state index contributed by atoms with van der Waals surface area (Å²) in [5.41, 5.74) is -0.294. The molecule has 2 aromatic heterocycles. The van der Waals surface area contributed by atoms with Gasteiger partial charge in [-0.25, -0.2) is 14.3 Å². The van der Waals surface area contributed by atoms with Crippen molar-refractivity contribution in [2.45, 2.75) is 26.4 Å². The van der Waals surface area contributed by atoms with Crippen LogP contribution in [-0.4, -0.2) is 63.5 Å². The first-order chi connectivity index (χ1) is 11.8. The summed E-state index contributed by atoms with van der Waals surface area (Å²) < 4.78 is 11.9. The van der Waals surface area contributed by atoms with E-state index in [4.69, 9.17) is 9.47 Å². The van der Waals surface area contributed by atoms with Crippen LogP contribution < -0.4 is 0 Å². The van der Waals surface area contributed by atoms with Gasteiger partial charge in [-0.05, 0) is 32.9 Å². The molecule has 0 saturated carbocycles. The molecule has 0 unspecified atom stereocenters. The summed E-state index contributed by atoms with van der Waals surface area (Å²) in [7, 11) is 0. The average Bonchev–Trinajstić information content (AvgIpc) is 2.91. The molecule has 0 aromatic carbocycles. The van der Waals surface area contributed by atoms with Crippen LogP contribution in [0.3, 0.4) is 0 Å². The van der Waals surface area contributed by atoms with Crippen LogP contribution in [0.2, 0.25) is 0 Å². The predicted molar refractivity (Wildman–Crippen MR) is 89.8 cm³/mol. The highest BCUT2D eigenvalue weighted by Gasteiger charge is 2.29. The first-order valence-corrected chi connectivity index (χ1v) is 8.07. The van der Waals surface area contributed by atoms with E-state index < -0.39 is 11.7 Å². The number of amides is 1. The van der Waals surface area contributed by atoms with Gasteiger partial charge in [0.2, 0.25) is 0 Å². The molecule has 1 amide bonds. The van der Waals surface area contributed by atoms with Crippen LogP contribution in [0.4, 0.5) is 4.79 Å². The first kappa shape index (κ1) is 17.2. The zero-order chi connectivity index (χ0) is 18.2. The molecule has 134 valence electrons. The van der Waals surface area contributed by atoms with Gasteiger partial charge in [0.05, 0.1) is 19.4 Å². The van der Waals surface area contributed by atoms with Crippen LogP contribution >= 0.6 is 0 Å². The van der Waals surface area contributed by atoms with Crippen molar-refractivity contribution in [1.29, 1.82) is 0 Å². The molecule has 1 aliphatic rings. The second kappa shape index (κ2) is 6.36. The average molecular weight is 347 g/mol. The Morgan fingerprint density at radius 3 is 2.56 bits per heavy atom. The monoisotopic (exact) mass is 347 g/mol. The smallest absolute Gasteiger partial charge is 0.420 e. The Morgan fingerprint density at radius 2 is 1.92 bits per heavy atom. The number of aromatic hydroxyl groups is 1. The Balaban J connectivity index is 2.08. The maximum Gasteiger partial charge on any atom is 0.420 e. The Kier molecular flexibility index (Phi) is 4.38. The summed E-state index contributed by atoms with van der Waals surface area (Å²) in [6.07, 6.45) is 0.545. The third-order valence-electron chi connectivity index (χ3n) is 3.72. The molecule has 3 rings (SSSR count). The number of hydrogen-bond acceptors (Lipinski definition) is 6. The topological polar surface area (TPSA) is 93.9 Å². The summed E-state index contributed by atoms with van der Waals surface area (Å²) in [5.74, 6) is -0.342. The van der Waals surface area contributed by atoms with Crippen molar-refractivity contribution >= 4 is 23.0 Å². The standard InChI is InChI=1S/C17H21N3O5/c1-17(2,3)25-16(23)20-13(15(22)19-4-6-24-7-5-19)9-11-8-12(21)10-18-14(11)20/h8-10,21H,4-7H2,1-3H3. The molecule has 25 heavy (non-hydrogen) atoms. The highest BCUT2D eigenvalue weighted by Crippen LogP contribution is 2.24. The van der Waals surface area contributed by atoms with Gasteiger partial charge in [0, 0.05) is 18.5 Å². The van der Waals surface area contributed by atoms with Crippen LogP contribution in [0.25, 0.3) is 11.0 Å². The van der Waals surface area contributed by atoms with Crippen molar-refractivity contribution in [3.05, 3.63) is 24.0 Å². The molecule has 1 fully saturated rings. The van der Waals surface area contributed by atoms with E-state index in [9.17, 15) is 14.7 Å². The van der Waals surface area contributed by atoms with Crippen LogP contribution in [0.5, 0.6) is 5.75 Å². The fourth-order valence-electron chi connectivity index (χ4n) is 2.66. The second-order valence-corrected chi connectivity index (χ2v) is 6.86. The van der Waals surface area contributed by atoms with Crippen LogP contribution in [-0.2, 0) is 9.47 Å². The van der Waals surface area contributed by atoms with E-state index in [0.29, 0.717) is 31.7 Å². The maximum atomic E-state index is 12.9. The van der Waals surface area contributed by atoms with Gasteiger partial charge >= 0.3 is 6.09 Å². The summed E-state index contributed by atoms with van der Waals surface area (Å²) in [6, 6.07) is 3.00. The van der Waals surface area contributed by atoms with Gasteiger partial charge < -0.3 is 19.5 Å². The van der Waals surface area contributed by atoms with Crippen LogP contribution in [0, 0.1) is 0 Å². The van der Waals surface area contributed by atoms with Crippen molar-refractivity contribution in [2.24, 2.45) is 0 Å². The number of morpholine rings is 1. The zero-order valence-corrected chi connectivity index (χ0v) is 14.5. The lowest BCUT2D eigenvalue weighted by Crippen LogP contribution is -2.42. The summed E-state index contributed by atoms with van der Waals surface area (Å²) in [4.78, 5) is 31.3. The van der Waals surface area contributed by atoms with E-state index in [-0.39, 0.29) is 23.0 Å². The van der Waals surface area contributed by atoms with Crippen molar-refractivity contribution in [1.82, 2.24) is 14.5 Å². The van der Waals surface area contributed by atoms with Gasteiger partial charge in [0.15, 0.2) is 0 Å². The highest BCUT2D eigenvalue weighted by atomic mass is 16.6. The minimum atomic E-state index is -0.718. The fraction of sp³-hybridized carbons (Fsp3) is 0.471. The quantitative estimate of drug-likeness (QED) is 0.848. The van der Waals surface area contributed by atoms with Crippen LogP contribution in [0.1, 0.15) is 31.3 Å². The third kappa shape index (κ3) is 3.58. The minimum Gasteiger partial charge on any atom is -0.506 e. The Hall–Kier alpha value is -2.61. The third-order valence-corrected chi connectivity index (χ3v) is 3.72. The molecule has 3 heterocycles. The van der Waals surface area contributed by atoms with Gasteiger partial charge in [0.1, 0.15) is 22.7 Å². The van der Waals surface area contributed by atoms with Gasteiger partial charge in [-0.15, -0.1) is 0 Å². The Morgan fingerprint density at radius 1 is 1.24 bits per heavy atom. The van der Waals surface area contributed by atoms with E-state index in [1.54, 1.807) is 31.7 Å². The number of ether oxygens (including phenoxy) is 2. The first-order valence-electron chi connectivity index (χ1n) is 8.07. The van der Waals surface area contributed by atoms with E-state index in [2.05, 4.69) is 4.98 Å². The number of hydrogen-bond donors (Lipinski definition) is 1. The van der Waals surface area contributed by atoms with Crippen molar-refractivity contribution in [3.8, 4) is 5.75 Å². The number of rotatable bonds is 1. The van der Waals surface area contributed by atoms with Gasteiger partial charge in [-0.1, -0.05) is 0 Å². The molecular formula is C17H21N3O5. The molecule has 0 spiro atoms. The molecule has 1 saturated heterocycles. The summed E-state index contributed by atoms with van der Waals surface area (Å²) in [6.45, 7) is 7.06. The number of nitrogens with zero attached hydrogens (tertiary/aromatic N) is 3. The number of fused-ring (bicyclic) bond motifs is 1. The number of carbonyl (C=O) groups excluding carboxylic acids is 2. The predicted octanol–water partition coefficient (Wildman–Crippen LogP) is 2.00. The Bertz CT molecular complexity index is 816. The van der Waals surface area contributed by atoms with Gasteiger partial charge in [0.25, 0.3) is 5.91 Å². The molecule has 0 bridgehead atoms. The van der Waals surface area contributed by atoms with Gasteiger partial charge in [-0.3, -0.25) is 4.79 Å². The molecule has 0 aliphatic carbocycles. The lowest BCUT2D eigenvalue weighted by molar-refractivity contribution is 0.0287. The van der Waals surface area contributed by atoms with E-state index in [1.807, 2.05) is 0 Å². The molecule has 1 aliphatic heterocycles. The lowest BCUT2D eigenvalue weighted by atomic mass is 10.2. The fourth-order valence-corrected chi connectivity index (χ4v) is 2.66. The van der Waals surface area contributed by atoms with Crippen molar-refractivity contribution in [3.63, 3.8) is 0 Å². The lowest BCUT2D eigenvalue weighted by Gasteiger charge is -2.27. The Labute approximate surface area is 144 Å². The largest absolute Gasteiger partial charge is 0.506 e. The van der Waals surface area contributed by atoms with E-state index >= 15 is 0 Å². The normalized spacial score (nSPS) is 15.4. The van der Waals surface area contributed by atoms with Gasteiger partial charge in [-0.2, -0.15) is 0 Å². The van der Waals surface area contributed by atoms with Crippen molar-refractivity contribution < 1.29 is 24.2 Å². The highest BCUT2D eigenvalue weighted by molar-refractivity contribution is 6.03. The summed E-state index contributed by atoms with van der Waals surface area (Å²) >= 11 is 0. The molecular weight excluding hydrogens is 326 g/mol. The zero-order valence-electron chi connectivity index (χ0n) is 14.5. The summed E-state index contributed by atoms with van der Waals surface area (Å²) in [5, 5.41) is 10.1. The molecule has 8 nitrogen and oxygen atoms in total. The molecule has 0 radical (unpaired) electrons. The van der Waals surface area contributed by atoms with E-state index in [1.165, 1.54) is 12.3 Å². The maximum absolute atomic E-state index is 12.9. The van der Waals surface area contributed by atoms with Crippen molar-refractivity contribution in [2.75, 3.05) is 26.3 Å². The van der Waals surface area contributed by atoms with Crippen LogP contribution in [0.15, 0.2) is 18.3 Å². The second-order valence-electron chi connectivity index (χ2n) is 6.86. The SMILES string of the molecule is CC(C)(C)OC(=O)n1c(C(=O)N2CCOCC2)cc2cc(O)cnc21. The molecule has 8 heteroatoms. The molecule has 2 aromatic rings. The van der Waals surface area contributed by atoms with E-state index in [0.717, 1.165) is 4.57 Å². The molecule has 0 atom stereocenters. The number of carbonyl (C=O) groups is 2. The number of aromatic nitrogens is 2. The number of pyridine rings is 1.